The molecule has 3 heterocycles. The third kappa shape index (κ3) is 2.88. The van der Waals surface area contributed by atoms with Gasteiger partial charge in [-0.05, 0) is 24.6 Å². The molecule has 30 heavy (non-hydrogen) atoms. The van der Waals surface area contributed by atoms with Crippen molar-refractivity contribution in [3.8, 4) is 22.9 Å². The summed E-state index contributed by atoms with van der Waals surface area (Å²) in [6, 6.07) is 11.3. The number of nitrogens with zero attached hydrogens (tertiary/aromatic N) is 2. The highest BCUT2D eigenvalue weighted by Gasteiger charge is 2.28. The average Bonchev–Trinajstić information content (AvgIpc) is 3.37. The molecular weight excluding hydrogens is 384 g/mol. The van der Waals surface area contributed by atoms with E-state index in [9.17, 15) is 9.90 Å². The standard InChI is InChI=1S/C22H22N4O4/c1-29-17-9-13-16(10-18(17)30-2)25-22(28)19(20(13)26-8-7-12(27)11-26)21-23-14-5-3-4-6-15(14)24-21/h3-6,9-10,12,27H,7-8,11H2,1-2H3,(H,23,24)(H,25,28)/t12-/m1/s1. The number of hydrogen-bond acceptors (Lipinski definition) is 6. The highest BCUT2D eigenvalue weighted by molar-refractivity contribution is 6.01. The van der Waals surface area contributed by atoms with E-state index in [1.54, 1.807) is 20.3 Å². The van der Waals surface area contributed by atoms with Gasteiger partial charge in [-0.1, -0.05) is 12.1 Å². The van der Waals surface area contributed by atoms with Crippen LogP contribution in [0.2, 0.25) is 0 Å². The van der Waals surface area contributed by atoms with Gasteiger partial charge in [0.05, 0.1) is 42.6 Å². The van der Waals surface area contributed by atoms with Gasteiger partial charge in [0.15, 0.2) is 11.5 Å². The topological polar surface area (TPSA) is 103 Å². The van der Waals surface area contributed by atoms with Crippen LogP contribution in [-0.4, -0.2) is 53.5 Å². The molecule has 1 atom stereocenters. The van der Waals surface area contributed by atoms with E-state index in [1.807, 2.05) is 35.2 Å². The normalized spacial score (nSPS) is 16.5. The number of β-amino-alcohol motifs (C(OH)–C–C–N with tert-alkyl or cyclic N) is 1. The molecule has 1 aliphatic heterocycles. The summed E-state index contributed by atoms with van der Waals surface area (Å²) in [7, 11) is 3.14. The Morgan fingerprint density at radius 1 is 1.10 bits per heavy atom. The minimum atomic E-state index is -0.442. The molecule has 0 aliphatic carbocycles. The van der Waals surface area contributed by atoms with Gasteiger partial charge in [-0.15, -0.1) is 0 Å². The number of aliphatic hydroxyl groups is 1. The van der Waals surface area contributed by atoms with E-state index < -0.39 is 6.10 Å². The summed E-state index contributed by atoms with van der Waals surface area (Å²) in [5.41, 5.74) is 3.18. The number of benzene rings is 2. The molecule has 0 spiro atoms. The molecule has 1 aliphatic rings. The van der Waals surface area contributed by atoms with Gasteiger partial charge in [-0.3, -0.25) is 4.79 Å². The summed E-state index contributed by atoms with van der Waals surface area (Å²) in [6.07, 6.45) is 0.198. The Morgan fingerprint density at radius 2 is 1.87 bits per heavy atom. The van der Waals surface area contributed by atoms with E-state index in [0.29, 0.717) is 47.9 Å². The first-order chi connectivity index (χ1) is 14.6. The molecule has 154 valence electrons. The molecule has 2 aromatic carbocycles. The third-order valence-electron chi connectivity index (χ3n) is 5.60. The maximum Gasteiger partial charge on any atom is 0.261 e. The number of methoxy groups -OCH3 is 2. The van der Waals surface area contributed by atoms with Crippen LogP contribution in [0.25, 0.3) is 33.3 Å². The maximum atomic E-state index is 13.2. The predicted molar refractivity (Wildman–Crippen MR) is 116 cm³/mol. The van der Waals surface area contributed by atoms with Crippen molar-refractivity contribution in [2.75, 3.05) is 32.2 Å². The number of rotatable bonds is 4. The summed E-state index contributed by atoms with van der Waals surface area (Å²) in [5.74, 6) is 1.59. The van der Waals surface area contributed by atoms with Gasteiger partial charge >= 0.3 is 0 Å². The number of H-pyrrole nitrogens is 2. The molecule has 2 aromatic heterocycles. The first-order valence-electron chi connectivity index (χ1n) is 9.79. The van der Waals surface area contributed by atoms with E-state index in [1.165, 1.54) is 0 Å². The van der Waals surface area contributed by atoms with Crippen molar-refractivity contribution >= 4 is 27.6 Å². The Kier molecular flexibility index (Phi) is 4.36. The molecule has 8 nitrogen and oxygen atoms in total. The van der Waals surface area contributed by atoms with Crippen molar-refractivity contribution in [3.05, 3.63) is 46.8 Å². The third-order valence-corrected chi connectivity index (χ3v) is 5.60. The molecule has 1 saturated heterocycles. The summed E-state index contributed by atoms with van der Waals surface area (Å²) in [6.45, 7) is 1.08. The lowest BCUT2D eigenvalue weighted by Gasteiger charge is -2.23. The van der Waals surface area contributed by atoms with Crippen molar-refractivity contribution in [3.63, 3.8) is 0 Å². The Hall–Kier alpha value is -3.52. The van der Waals surface area contributed by atoms with Gasteiger partial charge in [0.2, 0.25) is 0 Å². The van der Waals surface area contributed by atoms with Crippen LogP contribution in [0, 0.1) is 0 Å². The lowest BCUT2D eigenvalue weighted by atomic mass is 10.1. The Labute approximate surface area is 172 Å². The van der Waals surface area contributed by atoms with E-state index >= 15 is 0 Å². The molecule has 0 amide bonds. The number of nitrogens with one attached hydrogen (secondary N) is 2. The SMILES string of the molecule is COc1cc2[nH]c(=O)c(-c3nc4ccccc4[nH]3)c(N3CC[C@@H](O)C3)c2cc1OC. The van der Waals surface area contributed by atoms with E-state index in [4.69, 9.17) is 9.47 Å². The second-order valence-electron chi connectivity index (χ2n) is 7.42. The average molecular weight is 406 g/mol. The zero-order valence-electron chi connectivity index (χ0n) is 16.7. The number of ether oxygens (including phenoxy) is 2. The number of anilines is 1. The van der Waals surface area contributed by atoms with Crippen molar-refractivity contribution in [1.29, 1.82) is 0 Å². The van der Waals surface area contributed by atoms with Crippen LogP contribution in [-0.2, 0) is 0 Å². The number of pyridine rings is 1. The van der Waals surface area contributed by atoms with Crippen molar-refractivity contribution in [2.45, 2.75) is 12.5 Å². The number of aromatic amines is 2. The minimum absolute atomic E-state index is 0.259. The fourth-order valence-corrected chi connectivity index (χ4v) is 4.17. The number of para-hydroxylation sites is 2. The van der Waals surface area contributed by atoms with Gasteiger partial charge in [0.1, 0.15) is 11.4 Å². The molecule has 4 aromatic rings. The van der Waals surface area contributed by atoms with Gasteiger partial charge in [-0.25, -0.2) is 4.98 Å². The Morgan fingerprint density at radius 3 is 2.57 bits per heavy atom. The monoisotopic (exact) mass is 406 g/mol. The summed E-state index contributed by atoms with van der Waals surface area (Å²) >= 11 is 0. The quantitative estimate of drug-likeness (QED) is 0.481. The Bertz CT molecular complexity index is 1280. The highest BCUT2D eigenvalue weighted by Crippen LogP contribution is 2.40. The van der Waals surface area contributed by atoms with Crippen LogP contribution in [0.15, 0.2) is 41.2 Å². The number of aromatic nitrogens is 3. The Balaban J connectivity index is 1.84. The van der Waals surface area contributed by atoms with E-state index in [2.05, 4.69) is 15.0 Å². The second-order valence-corrected chi connectivity index (χ2v) is 7.42. The fraction of sp³-hybridized carbons (Fsp3) is 0.273. The van der Waals surface area contributed by atoms with Crippen LogP contribution in [0.5, 0.6) is 11.5 Å². The van der Waals surface area contributed by atoms with Crippen LogP contribution < -0.4 is 19.9 Å². The fourth-order valence-electron chi connectivity index (χ4n) is 4.17. The van der Waals surface area contributed by atoms with E-state index in [-0.39, 0.29) is 5.56 Å². The zero-order chi connectivity index (χ0) is 20.8. The molecule has 5 rings (SSSR count). The summed E-state index contributed by atoms with van der Waals surface area (Å²) < 4.78 is 10.9. The number of aliphatic hydroxyl groups excluding tert-OH is 1. The first-order valence-corrected chi connectivity index (χ1v) is 9.79. The van der Waals surface area contributed by atoms with Gasteiger partial charge < -0.3 is 29.4 Å². The zero-order valence-corrected chi connectivity index (χ0v) is 16.7. The molecular formula is C22H22N4O4. The lowest BCUT2D eigenvalue weighted by Crippen LogP contribution is -2.25. The van der Waals surface area contributed by atoms with Crippen LogP contribution in [0.3, 0.4) is 0 Å². The second kappa shape index (κ2) is 7.07. The van der Waals surface area contributed by atoms with Gasteiger partial charge in [0.25, 0.3) is 5.56 Å². The molecule has 0 radical (unpaired) electrons. The number of hydrogen-bond donors (Lipinski definition) is 3. The molecule has 8 heteroatoms. The predicted octanol–water partition coefficient (Wildman–Crippen LogP) is 2.66. The van der Waals surface area contributed by atoms with Gasteiger partial charge in [-0.2, -0.15) is 0 Å². The van der Waals surface area contributed by atoms with Crippen LogP contribution in [0.1, 0.15) is 6.42 Å². The molecule has 1 fully saturated rings. The number of fused-ring (bicyclic) bond motifs is 2. The van der Waals surface area contributed by atoms with Crippen LogP contribution in [0.4, 0.5) is 5.69 Å². The van der Waals surface area contributed by atoms with E-state index in [0.717, 1.165) is 22.1 Å². The maximum absolute atomic E-state index is 13.2. The molecule has 3 N–H and O–H groups in total. The number of imidazole rings is 1. The van der Waals surface area contributed by atoms with Crippen molar-refractivity contribution < 1.29 is 14.6 Å². The minimum Gasteiger partial charge on any atom is -0.493 e. The summed E-state index contributed by atoms with van der Waals surface area (Å²) in [5, 5.41) is 11.0. The van der Waals surface area contributed by atoms with Crippen molar-refractivity contribution in [2.24, 2.45) is 0 Å². The van der Waals surface area contributed by atoms with Crippen molar-refractivity contribution in [1.82, 2.24) is 15.0 Å². The molecule has 0 saturated carbocycles. The largest absolute Gasteiger partial charge is 0.493 e. The first kappa shape index (κ1) is 18.5. The molecule has 0 unspecified atom stereocenters. The smallest absolute Gasteiger partial charge is 0.261 e. The molecule has 0 bridgehead atoms. The highest BCUT2D eigenvalue weighted by atomic mass is 16.5. The lowest BCUT2D eigenvalue weighted by molar-refractivity contribution is 0.198. The van der Waals surface area contributed by atoms with Gasteiger partial charge in [0, 0.05) is 24.5 Å². The van der Waals surface area contributed by atoms with Crippen LogP contribution >= 0.6 is 0 Å². The summed E-state index contributed by atoms with van der Waals surface area (Å²) in [4.78, 5) is 26.2.